The Morgan fingerprint density at radius 2 is 1.89 bits per heavy atom. The zero-order valence-electron chi connectivity index (χ0n) is 20.0. The molecular formula is C28H29ClN2O2S2. The topological polar surface area (TPSA) is 68.2 Å². The number of rotatable bonds is 6. The fourth-order valence-corrected chi connectivity index (χ4v) is 6.76. The summed E-state index contributed by atoms with van der Waals surface area (Å²) in [7, 11) is 0. The molecule has 0 radical (unpaired) electrons. The third-order valence-corrected chi connectivity index (χ3v) is 9.75. The minimum Gasteiger partial charge on any atom is -0.598 e. The summed E-state index contributed by atoms with van der Waals surface area (Å²) in [6.07, 6.45) is 4.42. The van der Waals surface area contributed by atoms with E-state index in [0.717, 1.165) is 56.6 Å². The van der Waals surface area contributed by atoms with Gasteiger partial charge in [-0.3, -0.25) is 4.98 Å². The lowest BCUT2D eigenvalue weighted by Crippen LogP contribution is -2.41. The first-order chi connectivity index (χ1) is 16.7. The summed E-state index contributed by atoms with van der Waals surface area (Å²) >= 11 is 6.97. The van der Waals surface area contributed by atoms with Crippen LogP contribution in [0.15, 0.2) is 66.9 Å². The summed E-state index contributed by atoms with van der Waals surface area (Å²) in [6, 6.07) is 19.7. The van der Waals surface area contributed by atoms with Gasteiger partial charge in [-0.1, -0.05) is 48.0 Å². The van der Waals surface area contributed by atoms with Gasteiger partial charge in [0.25, 0.3) is 0 Å². The van der Waals surface area contributed by atoms with Crippen LogP contribution in [0.2, 0.25) is 5.02 Å². The van der Waals surface area contributed by atoms with E-state index in [4.69, 9.17) is 11.6 Å². The molecule has 35 heavy (non-hydrogen) atoms. The highest BCUT2D eigenvalue weighted by molar-refractivity contribution is 7.90. The summed E-state index contributed by atoms with van der Waals surface area (Å²) in [5.74, 6) is 0. The number of nitrogens with zero attached hydrogens (tertiary/aromatic N) is 1. The molecular weight excluding hydrogens is 496 g/mol. The van der Waals surface area contributed by atoms with Gasteiger partial charge in [0.2, 0.25) is 0 Å². The van der Waals surface area contributed by atoms with Crippen LogP contribution in [0.5, 0.6) is 0 Å². The predicted octanol–water partition coefficient (Wildman–Crippen LogP) is 7.13. The van der Waals surface area contributed by atoms with Crippen LogP contribution in [0.1, 0.15) is 62.1 Å². The van der Waals surface area contributed by atoms with Crippen molar-refractivity contribution < 1.29 is 9.66 Å². The molecule has 5 rings (SSSR count). The maximum Gasteiger partial charge on any atom is 0.136 e. The molecule has 2 N–H and O–H groups in total. The molecule has 0 spiro atoms. The van der Waals surface area contributed by atoms with E-state index in [1.165, 1.54) is 0 Å². The van der Waals surface area contributed by atoms with E-state index < -0.39 is 21.7 Å². The van der Waals surface area contributed by atoms with Crippen molar-refractivity contribution in [1.29, 1.82) is 0 Å². The molecule has 1 aliphatic carbocycles. The first-order valence-electron chi connectivity index (χ1n) is 11.8. The van der Waals surface area contributed by atoms with E-state index in [-0.39, 0.29) is 6.04 Å². The molecule has 2 aromatic heterocycles. The van der Waals surface area contributed by atoms with Crippen molar-refractivity contribution >= 4 is 44.4 Å². The number of halogens is 1. The summed E-state index contributed by atoms with van der Waals surface area (Å²) in [5.41, 5.74) is 2.97. The molecule has 2 unspecified atom stereocenters. The average Bonchev–Trinajstić information content (AvgIpc) is 3.25. The molecule has 4 aromatic rings. The maximum atomic E-state index is 13.1. The van der Waals surface area contributed by atoms with Crippen LogP contribution in [0.4, 0.5) is 0 Å². The van der Waals surface area contributed by atoms with Gasteiger partial charge in [0.1, 0.15) is 10.8 Å². The summed E-state index contributed by atoms with van der Waals surface area (Å²) < 4.78 is 17.2. The van der Waals surface area contributed by atoms with Crippen molar-refractivity contribution in [2.75, 3.05) is 0 Å². The summed E-state index contributed by atoms with van der Waals surface area (Å²) in [5, 5.41) is 12.6. The van der Waals surface area contributed by atoms with E-state index in [1.807, 2.05) is 63.2 Å². The lowest BCUT2D eigenvalue weighted by molar-refractivity contribution is -0.0388. The molecule has 0 bridgehead atoms. The zero-order chi connectivity index (χ0) is 24.8. The maximum absolute atomic E-state index is 13.1. The Hall–Kier alpha value is -1.93. The summed E-state index contributed by atoms with van der Waals surface area (Å²) in [6.45, 7) is 5.87. The molecule has 2 atom stereocenters. The number of nitrogens with one attached hydrogen (secondary N) is 1. The van der Waals surface area contributed by atoms with E-state index in [1.54, 1.807) is 17.5 Å². The van der Waals surface area contributed by atoms with Crippen LogP contribution < -0.4 is 4.72 Å². The largest absolute Gasteiger partial charge is 0.598 e. The average molecular weight is 525 g/mol. The third kappa shape index (κ3) is 4.88. The number of pyridine rings is 1. The lowest BCUT2D eigenvalue weighted by Gasteiger charge is -2.37. The molecule has 7 heteroatoms. The molecule has 0 amide bonds. The number of thiophene rings is 1. The number of hydrogen-bond donors (Lipinski definition) is 2. The second-order valence-corrected chi connectivity index (χ2v) is 13.6. The number of aliphatic hydroxyl groups is 1. The van der Waals surface area contributed by atoms with Crippen LogP contribution in [0, 0.1) is 0 Å². The van der Waals surface area contributed by atoms with Crippen molar-refractivity contribution in [3.8, 4) is 11.3 Å². The smallest absolute Gasteiger partial charge is 0.136 e. The third-order valence-electron chi connectivity index (χ3n) is 6.60. The van der Waals surface area contributed by atoms with Gasteiger partial charge in [-0.15, -0.1) is 16.1 Å². The number of aromatic nitrogens is 1. The van der Waals surface area contributed by atoms with Gasteiger partial charge in [0.05, 0.1) is 11.3 Å². The first-order valence-corrected chi connectivity index (χ1v) is 14.1. The van der Waals surface area contributed by atoms with Crippen LogP contribution in [0.25, 0.3) is 21.3 Å². The lowest BCUT2D eigenvalue weighted by atomic mass is 9.75. The van der Waals surface area contributed by atoms with E-state index in [0.29, 0.717) is 5.02 Å². The monoisotopic (exact) mass is 524 g/mol. The van der Waals surface area contributed by atoms with Crippen molar-refractivity contribution in [2.24, 2.45) is 0 Å². The molecule has 0 saturated heterocycles. The van der Waals surface area contributed by atoms with Crippen molar-refractivity contribution in [3.05, 3.63) is 87.9 Å². The SMILES string of the molecule is CC(C)(C)[S+]([O-])NC(c1cc2cccc(-c3cc(C4(O)CCC4)ccn3)c2s1)c1ccccc1Cl. The van der Waals surface area contributed by atoms with Gasteiger partial charge in [0, 0.05) is 37.7 Å². The quantitative estimate of drug-likeness (QED) is 0.263. The van der Waals surface area contributed by atoms with Crippen LogP contribution >= 0.6 is 22.9 Å². The molecule has 4 nitrogen and oxygen atoms in total. The fraction of sp³-hybridized carbons (Fsp3) is 0.321. The second kappa shape index (κ2) is 9.51. The Bertz CT molecular complexity index is 1360. The van der Waals surface area contributed by atoms with Gasteiger partial charge in [0.15, 0.2) is 0 Å². The molecule has 182 valence electrons. The Kier molecular flexibility index (Phi) is 6.72. The minimum absolute atomic E-state index is 0.316. The zero-order valence-corrected chi connectivity index (χ0v) is 22.4. The molecule has 2 aromatic carbocycles. The Morgan fingerprint density at radius 1 is 1.11 bits per heavy atom. The highest BCUT2D eigenvalue weighted by Crippen LogP contribution is 2.43. The summed E-state index contributed by atoms with van der Waals surface area (Å²) in [4.78, 5) is 5.68. The van der Waals surface area contributed by atoms with E-state index in [2.05, 4.69) is 27.9 Å². The van der Waals surface area contributed by atoms with E-state index in [9.17, 15) is 9.66 Å². The molecule has 1 aliphatic rings. The van der Waals surface area contributed by atoms with Crippen molar-refractivity contribution in [2.45, 2.75) is 56.4 Å². The highest BCUT2D eigenvalue weighted by Gasteiger charge is 2.36. The Morgan fingerprint density at radius 3 is 2.57 bits per heavy atom. The number of fused-ring (bicyclic) bond motifs is 1. The number of benzene rings is 2. The van der Waals surface area contributed by atoms with Crippen molar-refractivity contribution in [1.82, 2.24) is 9.71 Å². The van der Waals surface area contributed by atoms with Crippen LogP contribution in [-0.2, 0) is 17.0 Å². The van der Waals surface area contributed by atoms with E-state index >= 15 is 0 Å². The Balaban J connectivity index is 1.60. The first kappa shape index (κ1) is 24.8. The minimum atomic E-state index is -1.29. The second-order valence-electron chi connectivity index (χ2n) is 10.1. The Labute approximate surface area is 218 Å². The highest BCUT2D eigenvalue weighted by atomic mass is 35.5. The van der Waals surface area contributed by atoms with Gasteiger partial charge < -0.3 is 9.66 Å². The van der Waals surface area contributed by atoms with Crippen LogP contribution in [-0.4, -0.2) is 19.4 Å². The predicted molar refractivity (Wildman–Crippen MR) is 147 cm³/mol. The normalized spacial score (nSPS) is 17.2. The van der Waals surface area contributed by atoms with Crippen LogP contribution in [0.3, 0.4) is 0 Å². The van der Waals surface area contributed by atoms with Crippen molar-refractivity contribution in [3.63, 3.8) is 0 Å². The van der Waals surface area contributed by atoms with Gasteiger partial charge in [-0.05, 0) is 80.8 Å². The van der Waals surface area contributed by atoms with Gasteiger partial charge >= 0.3 is 0 Å². The molecule has 0 aliphatic heterocycles. The molecule has 1 saturated carbocycles. The standard InChI is InChI=1S/C28H29ClN2O2S2/c1-27(2,3)35(33)31-25(20-9-4-5-11-22(20)29)24-16-18-8-6-10-21(26(18)34-24)23-17-19(12-15-30-23)28(32)13-7-14-28/h4-6,8-12,15-17,25,31-32H,7,13-14H2,1-3H3. The molecule has 1 fully saturated rings. The van der Waals surface area contributed by atoms with Gasteiger partial charge in [-0.25, -0.2) is 0 Å². The molecule has 2 heterocycles. The number of hydrogen-bond acceptors (Lipinski definition) is 5. The fourth-order valence-electron chi connectivity index (χ4n) is 4.36. The van der Waals surface area contributed by atoms with Gasteiger partial charge in [-0.2, -0.15) is 0 Å².